The number of aryl methyl sites for hydroxylation is 1. The number of benzene rings is 2. The summed E-state index contributed by atoms with van der Waals surface area (Å²) in [6.45, 7) is 4.66. The van der Waals surface area contributed by atoms with Gasteiger partial charge in [-0.1, -0.05) is 29.3 Å². The van der Waals surface area contributed by atoms with E-state index in [0.29, 0.717) is 24.3 Å². The largest absolute Gasteiger partial charge is 0.349 e. The van der Waals surface area contributed by atoms with E-state index in [4.69, 9.17) is 23.2 Å². The van der Waals surface area contributed by atoms with Crippen molar-refractivity contribution in [2.75, 3.05) is 43.4 Å². The Morgan fingerprint density at radius 3 is 2.36 bits per heavy atom. The van der Waals surface area contributed by atoms with Crippen LogP contribution in [-0.2, 0) is 9.59 Å². The molecule has 0 unspecified atom stereocenters. The van der Waals surface area contributed by atoms with Gasteiger partial charge < -0.3 is 15.1 Å². The molecule has 0 saturated carbocycles. The molecule has 10 heteroatoms. The van der Waals surface area contributed by atoms with Gasteiger partial charge in [-0.2, -0.15) is 0 Å². The van der Waals surface area contributed by atoms with Crippen LogP contribution >= 0.6 is 23.2 Å². The average Bonchev–Trinajstić information content (AvgIpc) is 3.00. The van der Waals surface area contributed by atoms with E-state index in [9.17, 15) is 18.8 Å². The first-order valence-corrected chi connectivity index (χ1v) is 11.0. The van der Waals surface area contributed by atoms with Gasteiger partial charge in [-0.3, -0.25) is 14.4 Å². The van der Waals surface area contributed by atoms with Crippen LogP contribution in [0.2, 0.25) is 5.02 Å². The summed E-state index contributed by atoms with van der Waals surface area (Å²) in [4.78, 5) is 43.4. The highest BCUT2D eigenvalue weighted by molar-refractivity contribution is 6.53. The van der Waals surface area contributed by atoms with E-state index < -0.39 is 17.6 Å². The quantitative estimate of drug-likeness (QED) is 0.662. The maximum atomic E-state index is 13.5. The molecule has 0 spiro atoms. The fraction of sp³-hybridized carbons (Fsp3) is 0.261. The molecular formula is C23H21Cl2FN4O3. The zero-order valence-electron chi connectivity index (χ0n) is 18.0. The molecule has 2 heterocycles. The molecule has 2 aliphatic rings. The number of amides is 3. The van der Waals surface area contributed by atoms with Crippen molar-refractivity contribution < 1.29 is 18.8 Å². The molecule has 7 nitrogen and oxygen atoms in total. The van der Waals surface area contributed by atoms with Gasteiger partial charge in [0.2, 0.25) is 0 Å². The lowest BCUT2D eigenvalue weighted by Crippen LogP contribution is -2.47. The van der Waals surface area contributed by atoms with Crippen LogP contribution in [0.25, 0.3) is 0 Å². The van der Waals surface area contributed by atoms with Gasteiger partial charge in [-0.25, -0.2) is 9.29 Å². The van der Waals surface area contributed by atoms with Crippen molar-refractivity contribution in [3.05, 3.63) is 69.1 Å². The summed E-state index contributed by atoms with van der Waals surface area (Å²) in [5.41, 5.74) is 1.66. The minimum Gasteiger partial charge on any atom is -0.349 e. The average molecular weight is 491 g/mol. The minimum atomic E-state index is -0.755. The fourth-order valence-corrected chi connectivity index (χ4v) is 4.07. The van der Waals surface area contributed by atoms with Gasteiger partial charge in [0.25, 0.3) is 17.7 Å². The third kappa shape index (κ3) is 4.46. The number of imide groups is 1. The fourth-order valence-electron chi connectivity index (χ4n) is 3.69. The summed E-state index contributed by atoms with van der Waals surface area (Å²) in [7, 11) is 2.01. The lowest BCUT2D eigenvalue weighted by Gasteiger charge is -2.32. The number of nitrogens with one attached hydrogen (secondary N) is 1. The van der Waals surface area contributed by atoms with Crippen LogP contribution in [0.4, 0.5) is 15.8 Å². The van der Waals surface area contributed by atoms with Gasteiger partial charge in [0.15, 0.2) is 0 Å². The van der Waals surface area contributed by atoms with E-state index in [0.717, 1.165) is 29.6 Å². The second-order valence-electron chi connectivity index (χ2n) is 7.98. The topological polar surface area (TPSA) is 73.0 Å². The Hall–Kier alpha value is -2.94. The van der Waals surface area contributed by atoms with Gasteiger partial charge in [0, 0.05) is 37.4 Å². The van der Waals surface area contributed by atoms with Crippen molar-refractivity contribution in [2.24, 2.45) is 0 Å². The Bertz CT molecular complexity index is 1190. The third-order valence-electron chi connectivity index (χ3n) is 5.72. The van der Waals surface area contributed by atoms with E-state index in [1.165, 1.54) is 12.1 Å². The van der Waals surface area contributed by atoms with Crippen molar-refractivity contribution in [1.82, 2.24) is 9.80 Å². The number of hydrogen-bond donors (Lipinski definition) is 1. The van der Waals surface area contributed by atoms with E-state index in [1.54, 1.807) is 30.0 Å². The number of nitrogens with zero attached hydrogens (tertiary/aromatic N) is 3. The summed E-state index contributed by atoms with van der Waals surface area (Å²) < 4.78 is 13.5. The van der Waals surface area contributed by atoms with E-state index >= 15 is 0 Å². The molecule has 172 valence electrons. The molecule has 4 rings (SSSR count). The zero-order chi connectivity index (χ0) is 23.9. The first kappa shape index (κ1) is 23.2. The molecule has 0 atom stereocenters. The van der Waals surface area contributed by atoms with Crippen molar-refractivity contribution >= 4 is 52.3 Å². The standard InChI is InChI=1S/C23H21Cl2FN4O3/c1-13-3-4-14(21(31)29-9-7-28(2)8-10-29)11-18(13)27-20-19(25)22(32)30(23(20)33)15-5-6-17(26)16(24)12-15/h3-6,11-12,27H,7-10H2,1-2H3. The molecule has 1 fully saturated rings. The van der Waals surface area contributed by atoms with Crippen LogP contribution < -0.4 is 10.2 Å². The van der Waals surface area contributed by atoms with E-state index in [-0.39, 0.29) is 27.3 Å². The van der Waals surface area contributed by atoms with Crippen molar-refractivity contribution in [1.29, 1.82) is 0 Å². The SMILES string of the molecule is Cc1ccc(C(=O)N2CCN(C)CC2)cc1NC1=C(Cl)C(=O)N(c2ccc(F)c(Cl)c2)C1=O. The summed E-state index contributed by atoms with van der Waals surface area (Å²) in [6.07, 6.45) is 0. The minimum absolute atomic E-state index is 0.0991. The third-order valence-corrected chi connectivity index (χ3v) is 6.36. The number of rotatable bonds is 4. The van der Waals surface area contributed by atoms with Crippen molar-refractivity contribution in [3.8, 4) is 0 Å². The number of anilines is 2. The predicted octanol–water partition coefficient (Wildman–Crippen LogP) is 3.61. The van der Waals surface area contributed by atoms with Gasteiger partial charge in [-0.05, 0) is 49.9 Å². The summed E-state index contributed by atoms with van der Waals surface area (Å²) in [6, 6.07) is 8.65. The molecular weight excluding hydrogens is 470 g/mol. The number of likely N-dealkylation sites (N-methyl/N-ethyl adjacent to an activating group) is 1. The van der Waals surface area contributed by atoms with E-state index in [2.05, 4.69) is 10.2 Å². The molecule has 0 aromatic heterocycles. The molecule has 3 amide bonds. The molecule has 0 radical (unpaired) electrons. The van der Waals surface area contributed by atoms with Gasteiger partial charge in [0.1, 0.15) is 16.5 Å². The highest BCUT2D eigenvalue weighted by Gasteiger charge is 2.39. The van der Waals surface area contributed by atoms with Crippen molar-refractivity contribution in [3.63, 3.8) is 0 Å². The number of piperazine rings is 1. The Morgan fingerprint density at radius 1 is 1.00 bits per heavy atom. The van der Waals surface area contributed by atoms with Crippen LogP contribution in [0.3, 0.4) is 0 Å². The van der Waals surface area contributed by atoms with E-state index in [1.807, 2.05) is 7.05 Å². The highest BCUT2D eigenvalue weighted by atomic mass is 35.5. The predicted molar refractivity (Wildman–Crippen MR) is 125 cm³/mol. The molecule has 33 heavy (non-hydrogen) atoms. The molecule has 1 saturated heterocycles. The van der Waals surface area contributed by atoms with Gasteiger partial charge >= 0.3 is 0 Å². The molecule has 2 aromatic rings. The molecule has 2 aromatic carbocycles. The summed E-state index contributed by atoms with van der Waals surface area (Å²) in [5, 5.41) is 2.38. The van der Waals surface area contributed by atoms with Gasteiger partial charge in [-0.15, -0.1) is 0 Å². The first-order valence-electron chi connectivity index (χ1n) is 10.3. The number of hydrogen-bond acceptors (Lipinski definition) is 5. The monoisotopic (exact) mass is 490 g/mol. The normalized spacial score (nSPS) is 17.2. The Morgan fingerprint density at radius 2 is 1.70 bits per heavy atom. The second-order valence-corrected chi connectivity index (χ2v) is 8.77. The Balaban J connectivity index is 1.58. The lowest BCUT2D eigenvalue weighted by molar-refractivity contribution is -0.120. The first-order chi connectivity index (χ1) is 15.7. The van der Waals surface area contributed by atoms with Crippen LogP contribution in [0.15, 0.2) is 47.1 Å². The number of carbonyl (C=O) groups is 3. The Kier molecular flexibility index (Phi) is 6.43. The lowest BCUT2D eigenvalue weighted by atomic mass is 10.1. The van der Waals surface area contributed by atoms with Crippen molar-refractivity contribution in [2.45, 2.75) is 6.92 Å². The number of halogens is 3. The van der Waals surface area contributed by atoms with Crippen LogP contribution in [-0.4, -0.2) is 60.7 Å². The van der Waals surface area contributed by atoms with Crippen LogP contribution in [0.5, 0.6) is 0 Å². The van der Waals surface area contributed by atoms with Crippen LogP contribution in [0.1, 0.15) is 15.9 Å². The Labute approximate surface area is 200 Å². The summed E-state index contributed by atoms with van der Waals surface area (Å²) in [5.74, 6) is -2.24. The maximum absolute atomic E-state index is 13.5. The molecule has 0 aliphatic carbocycles. The molecule has 1 N–H and O–H groups in total. The zero-order valence-corrected chi connectivity index (χ0v) is 19.5. The summed E-state index contributed by atoms with van der Waals surface area (Å²) >= 11 is 12.0. The van der Waals surface area contributed by atoms with Gasteiger partial charge in [0.05, 0.1) is 10.7 Å². The molecule has 2 aliphatic heterocycles. The maximum Gasteiger partial charge on any atom is 0.283 e. The highest BCUT2D eigenvalue weighted by Crippen LogP contribution is 2.33. The molecule has 0 bridgehead atoms. The number of carbonyl (C=O) groups excluding carboxylic acids is 3. The second kappa shape index (κ2) is 9.13. The smallest absolute Gasteiger partial charge is 0.283 e. The van der Waals surface area contributed by atoms with Crippen LogP contribution in [0, 0.1) is 12.7 Å².